The molecule has 2 aliphatic heterocycles. The minimum atomic E-state index is -0.980. The van der Waals surface area contributed by atoms with Gasteiger partial charge in [-0.15, -0.1) is 11.3 Å². The average Bonchev–Trinajstić information content (AvgIpc) is 3.83. The van der Waals surface area contributed by atoms with E-state index in [0.29, 0.717) is 37.5 Å². The number of ether oxygens (including phenoxy) is 2. The summed E-state index contributed by atoms with van der Waals surface area (Å²) in [5.74, 6) is -2.68. The molecule has 3 atom stereocenters. The lowest BCUT2D eigenvalue weighted by atomic mass is 9.84. The van der Waals surface area contributed by atoms with Crippen LogP contribution in [0, 0.1) is 17.3 Å². The van der Waals surface area contributed by atoms with Gasteiger partial charge in [-0.2, -0.15) is 0 Å². The normalized spacial score (nSPS) is 16.1. The van der Waals surface area contributed by atoms with Crippen LogP contribution in [-0.2, 0) is 48.0 Å². The fourth-order valence-corrected chi connectivity index (χ4v) is 9.38. The summed E-state index contributed by atoms with van der Waals surface area (Å²) in [6.45, 7) is 14.6. The number of aromatic nitrogens is 3. The highest BCUT2D eigenvalue weighted by Gasteiger charge is 2.41. The molecule has 2 aliphatic rings. The number of hydrogen-bond donors (Lipinski definition) is 3. The van der Waals surface area contributed by atoms with Gasteiger partial charge in [0.1, 0.15) is 12.1 Å². The van der Waals surface area contributed by atoms with Crippen LogP contribution < -0.4 is 10.7 Å². The van der Waals surface area contributed by atoms with Crippen LogP contribution >= 0.6 is 11.3 Å². The first kappa shape index (κ1) is 46.1. The number of thiazole rings is 1. The summed E-state index contributed by atoms with van der Waals surface area (Å²) >= 11 is 1.40. The number of methoxy groups -OCH3 is 1. The smallest absolute Gasteiger partial charge is 0.320 e. The van der Waals surface area contributed by atoms with Gasteiger partial charge in [-0.25, -0.2) is 15.2 Å². The molecule has 6 rings (SSSR count). The quantitative estimate of drug-likeness (QED) is 0.107. The van der Waals surface area contributed by atoms with Crippen molar-refractivity contribution >= 4 is 52.5 Å². The molecule has 0 aliphatic carbocycles. The van der Waals surface area contributed by atoms with E-state index >= 15 is 0 Å². The maximum atomic E-state index is 14.1. The van der Waals surface area contributed by atoms with Gasteiger partial charge >= 0.3 is 12.0 Å². The Balaban J connectivity index is 1.34. The summed E-state index contributed by atoms with van der Waals surface area (Å²) < 4.78 is 13.4. The monoisotopic (exact) mass is 872 g/mol. The number of pyridine rings is 1. The molecule has 5 heterocycles. The highest BCUT2D eigenvalue weighted by Crippen LogP contribution is 2.42. The number of nitrogens with one attached hydrogen (secondary N) is 2. The van der Waals surface area contributed by atoms with E-state index in [1.54, 1.807) is 18.3 Å². The number of carboxylic acids is 1. The fraction of sp³-hybridized carbons (Fsp3) is 0.533. The van der Waals surface area contributed by atoms with Crippen LogP contribution in [0.15, 0.2) is 41.9 Å². The number of aryl methyl sites for hydroxylation is 1. The van der Waals surface area contributed by atoms with Crippen molar-refractivity contribution in [2.75, 3.05) is 46.9 Å². The van der Waals surface area contributed by atoms with Gasteiger partial charge in [-0.1, -0.05) is 33.8 Å². The van der Waals surface area contributed by atoms with Gasteiger partial charge in [0.15, 0.2) is 0 Å². The summed E-state index contributed by atoms with van der Waals surface area (Å²) in [4.78, 5) is 76.9. The van der Waals surface area contributed by atoms with Gasteiger partial charge in [-0.05, 0) is 68.9 Å². The lowest BCUT2D eigenvalue weighted by Gasteiger charge is -2.41. The van der Waals surface area contributed by atoms with Crippen molar-refractivity contribution < 1.29 is 38.6 Å². The number of amides is 4. The maximum absolute atomic E-state index is 14.1. The molecule has 0 saturated carbocycles. The summed E-state index contributed by atoms with van der Waals surface area (Å²) in [7, 11) is 3.20. The van der Waals surface area contributed by atoms with E-state index in [4.69, 9.17) is 19.4 Å². The number of rotatable bonds is 18. The fourth-order valence-electron chi connectivity index (χ4n) is 8.53. The van der Waals surface area contributed by atoms with Crippen molar-refractivity contribution in [1.82, 2.24) is 40.1 Å². The first-order valence-electron chi connectivity index (χ1n) is 21.3. The second kappa shape index (κ2) is 19.8. The minimum Gasteiger partial charge on any atom is -0.481 e. The van der Waals surface area contributed by atoms with E-state index < -0.39 is 41.3 Å². The Kier molecular flexibility index (Phi) is 14.7. The second-order valence-electron chi connectivity index (χ2n) is 17.4. The number of likely N-dealkylation sites (N-methyl/N-ethyl adjacent to an activating group) is 1. The number of benzene rings is 1. The maximum Gasteiger partial charge on any atom is 0.320 e. The molecule has 1 aromatic carbocycles. The van der Waals surface area contributed by atoms with Gasteiger partial charge in [0.05, 0.1) is 40.7 Å². The average molecular weight is 873 g/mol. The zero-order valence-corrected chi connectivity index (χ0v) is 37.8. The third kappa shape index (κ3) is 9.95. The molecule has 2 saturated heterocycles. The van der Waals surface area contributed by atoms with Gasteiger partial charge in [0, 0.05) is 92.3 Å². The van der Waals surface area contributed by atoms with E-state index in [1.165, 1.54) is 28.2 Å². The summed E-state index contributed by atoms with van der Waals surface area (Å²) in [5, 5.41) is 17.5. The van der Waals surface area contributed by atoms with Crippen LogP contribution in [0.25, 0.3) is 33.4 Å². The Morgan fingerprint density at radius 2 is 1.90 bits per heavy atom. The molecule has 2 fully saturated rings. The van der Waals surface area contributed by atoms with Crippen molar-refractivity contribution in [3.63, 3.8) is 0 Å². The first-order chi connectivity index (χ1) is 29.6. The third-order valence-corrected chi connectivity index (χ3v) is 12.7. The number of carbonyl (C=O) groups excluding carboxylic acids is 4. The minimum absolute atomic E-state index is 0.0757. The number of hydrogen-bond acceptors (Lipinski definition) is 11. The predicted molar refractivity (Wildman–Crippen MR) is 236 cm³/mol. The van der Waals surface area contributed by atoms with Crippen molar-refractivity contribution in [1.29, 1.82) is 0 Å². The second-order valence-corrected chi connectivity index (χ2v) is 18.3. The van der Waals surface area contributed by atoms with Crippen LogP contribution in [0.5, 0.6) is 0 Å². The molecule has 16 nitrogen and oxygen atoms in total. The molecule has 0 bridgehead atoms. The number of carboxylic acid groups (broad SMARTS) is 1. The van der Waals surface area contributed by atoms with E-state index in [9.17, 15) is 29.1 Å². The van der Waals surface area contributed by atoms with Crippen molar-refractivity contribution in [2.45, 2.75) is 92.0 Å². The molecule has 334 valence electrons. The number of likely N-dealkylation sites (tertiary alicyclic amines) is 1. The molecule has 3 aromatic heterocycles. The van der Waals surface area contributed by atoms with Crippen LogP contribution in [0.1, 0.15) is 76.8 Å². The molecular formula is C45H60N8O8S. The molecular weight excluding hydrogens is 813 g/mol. The van der Waals surface area contributed by atoms with Gasteiger partial charge in [0.2, 0.25) is 5.91 Å². The Morgan fingerprint density at radius 1 is 1.15 bits per heavy atom. The van der Waals surface area contributed by atoms with Crippen molar-refractivity contribution in [3.05, 3.63) is 58.2 Å². The van der Waals surface area contributed by atoms with E-state index in [-0.39, 0.29) is 44.0 Å². The molecule has 62 heavy (non-hydrogen) atoms. The molecule has 3 N–H and O–H groups in total. The van der Waals surface area contributed by atoms with E-state index in [2.05, 4.69) is 54.3 Å². The first-order valence-corrected chi connectivity index (χ1v) is 22.2. The van der Waals surface area contributed by atoms with Crippen LogP contribution in [-0.4, -0.2) is 124 Å². The summed E-state index contributed by atoms with van der Waals surface area (Å²) in [5.41, 5.74) is 9.27. The van der Waals surface area contributed by atoms with Gasteiger partial charge in [0.25, 0.3) is 12.4 Å². The Morgan fingerprint density at radius 3 is 2.55 bits per heavy atom. The zero-order chi connectivity index (χ0) is 44.9. The van der Waals surface area contributed by atoms with E-state index in [1.807, 2.05) is 38.3 Å². The summed E-state index contributed by atoms with van der Waals surface area (Å²) in [6.07, 6.45) is 3.97. The topological polar surface area (TPSA) is 189 Å². The summed E-state index contributed by atoms with van der Waals surface area (Å²) in [6, 6.07) is 7.96. The Bertz CT molecular complexity index is 2260. The van der Waals surface area contributed by atoms with Crippen LogP contribution in [0.2, 0.25) is 0 Å². The highest BCUT2D eigenvalue weighted by molar-refractivity contribution is 7.10. The lowest BCUT2D eigenvalue weighted by Crippen LogP contribution is -2.62. The largest absolute Gasteiger partial charge is 0.481 e. The number of fused-ring (bicyclic) bond motifs is 1. The molecule has 3 unspecified atom stereocenters. The van der Waals surface area contributed by atoms with Gasteiger partial charge in [-0.3, -0.25) is 29.2 Å². The molecule has 4 amide bonds. The highest BCUT2D eigenvalue weighted by atomic mass is 32.1. The number of hydrazine groups is 1. The SMILES string of the molecule is CCn1c(-c2cccnc2C(C)OC)c(CC(C)(C)COC=O)c2cc(-c3csc(CC(NC(=O)C(C(C)C)N(C)C(=O)N4CC(C(=O)O)C4)C(=O)N4CCCCN4)n3)ccc21. The molecule has 0 spiro atoms. The number of carbonyl (C=O) groups is 5. The lowest BCUT2D eigenvalue weighted by molar-refractivity contribution is -0.146. The molecule has 0 radical (unpaired) electrons. The number of urea groups is 1. The van der Waals surface area contributed by atoms with Crippen molar-refractivity contribution in [2.24, 2.45) is 17.3 Å². The Labute approximate surface area is 366 Å². The Hall–Kier alpha value is -5.39. The predicted octanol–water partition coefficient (Wildman–Crippen LogP) is 5.54. The zero-order valence-electron chi connectivity index (χ0n) is 37.0. The van der Waals surface area contributed by atoms with Gasteiger partial charge < -0.3 is 34.3 Å². The van der Waals surface area contributed by atoms with Crippen LogP contribution in [0.3, 0.4) is 0 Å². The number of aliphatic carboxylic acids is 1. The molecule has 4 aromatic rings. The van der Waals surface area contributed by atoms with E-state index in [0.717, 1.165) is 57.5 Å². The van der Waals surface area contributed by atoms with Crippen molar-refractivity contribution in [3.8, 4) is 22.5 Å². The molecule has 17 heteroatoms. The standard InChI is InChI=1S/C45H60N8O8S/c1-9-52-36-15-14-29(19-32(36)33(21-45(5,6)25-61-26-54)40(52)31-13-12-16-46-38(31)28(4)60-8)35-24-62-37(48-35)20-34(42(56)53-18-11-10-17-47-53)49-41(55)39(27(2)3)50(7)44(59)51-22-30(23-51)43(57)58/h12-16,19,24,26-28,30,34,39,47H,9-11,17-18,20-23,25H2,1-8H3,(H,49,55)(H,57,58). The number of nitrogens with zero attached hydrogens (tertiary/aromatic N) is 6. The third-order valence-electron chi connectivity index (χ3n) is 11.9. The van der Waals surface area contributed by atoms with Crippen LogP contribution in [0.4, 0.5) is 4.79 Å².